The fourth-order valence-electron chi connectivity index (χ4n) is 3.96. The average molecular weight is 451 g/mol. The third-order valence-electron chi connectivity index (χ3n) is 5.69. The smallest absolute Gasteiger partial charge is 0.277 e. The van der Waals surface area contributed by atoms with Crippen molar-refractivity contribution in [3.8, 4) is 16.9 Å². The van der Waals surface area contributed by atoms with E-state index < -0.39 is 0 Å². The standard InChI is InChI=1S/C27H22N4OS/c1-19(20-11-5-2-6-12-20)31-26(32)24(28-27(31)33)17-22-18-30(23-15-9-4-10-16-23)29-25(22)21-13-7-3-8-14-21/h2-19H,1H3,(H,28,33)/b24-17-. The molecule has 1 aromatic heterocycles. The van der Waals surface area contributed by atoms with Crippen molar-refractivity contribution in [2.75, 3.05) is 0 Å². The van der Waals surface area contributed by atoms with E-state index in [1.807, 2.05) is 115 Å². The minimum Gasteiger partial charge on any atom is -0.328 e. The number of rotatable bonds is 5. The van der Waals surface area contributed by atoms with Crippen LogP contribution in [0.2, 0.25) is 0 Å². The number of benzene rings is 3. The number of nitrogens with zero attached hydrogens (tertiary/aromatic N) is 3. The molecule has 0 aliphatic carbocycles. The monoisotopic (exact) mass is 450 g/mol. The van der Waals surface area contributed by atoms with Crippen LogP contribution in [0.3, 0.4) is 0 Å². The molecule has 0 radical (unpaired) electrons. The summed E-state index contributed by atoms with van der Waals surface area (Å²) < 4.78 is 1.83. The molecule has 1 aliphatic heterocycles. The van der Waals surface area contributed by atoms with Gasteiger partial charge in [0.1, 0.15) is 11.4 Å². The van der Waals surface area contributed by atoms with Crippen molar-refractivity contribution in [2.24, 2.45) is 0 Å². The number of thiocarbonyl (C=S) groups is 1. The van der Waals surface area contributed by atoms with Crippen LogP contribution in [-0.4, -0.2) is 25.7 Å². The molecule has 1 aliphatic rings. The van der Waals surface area contributed by atoms with E-state index >= 15 is 0 Å². The number of para-hydroxylation sites is 1. The SMILES string of the molecule is CC(c1ccccc1)N1C(=O)/C(=C/c2cn(-c3ccccc3)nc2-c2ccccc2)NC1=S. The molecule has 1 saturated heterocycles. The summed E-state index contributed by atoms with van der Waals surface area (Å²) >= 11 is 5.53. The van der Waals surface area contributed by atoms with E-state index in [-0.39, 0.29) is 11.9 Å². The highest BCUT2D eigenvalue weighted by molar-refractivity contribution is 7.80. The van der Waals surface area contributed by atoms with Crippen molar-refractivity contribution < 1.29 is 4.79 Å². The third-order valence-corrected chi connectivity index (χ3v) is 5.99. The molecule has 162 valence electrons. The van der Waals surface area contributed by atoms with Gasteiger partial charge in [-0.2, -0.15) is 5.10 Å². The van der Waals surface area contributed by atoms with Crippen molar-refractivity contribution in [3.63, 3.8) is 0 Å². The molecule has 0 spiro atoms. The van der Waals surface area contributed by atoms with E-state index in [1.165, 1.54) is 0 Å². The van der Waals surface area contributed by atoms with E-state index in [0.29, 0.717) is 10.8 Å². The second kappa shape index (κ2) is 8.84. The minimum absolute atomic E-state index is 0.150. The van der Waals surface area contributed by atoms with Gasteiger partial charge in [0.2, 0.25) is 0 Å². The van der Waals surface area contributed by atoms with Gasteiger partial charge >= 0.3 is 0 Å². The number of aromatic nitrogens is 2. The normalized spacial score (nSPS) is 15.7. The van der Waals surface area contributed by atoms with Crippen LogP contribution in [0, 0.1) is 0 Å². The quantitative estimate of drug-likeness (QED) is 0.329. The van der Waals surface area contributed by atoms with Gasteiger partial charge < -0.3 is 5.32 Å². The second-order valence-electron chi connectivity index (χ2n) is 7.83. The molecule has 0 saturated carbocycles. The van der Waals surface area contributed by atoms with Gasteiger partial charge in [-0.3, -0.25) is 9.69 Å². The number of hydrogen-bond acceptors (Lipinski definition) is 3. The number of hydrogen-bond donors (Lipinski definition) is 1. The molecular weight excluding hydrogens is 428 g/mol. The van der Waals surface area contributed by atoms with Crippen molar-refractivity contribution in [2.45, 2.75) is 13.0 Å². The summed E-state index contributed by atoms with van der Waals surface area (Å²) in [5, 5.41) is 8.34. The van der Waals surface area contributed by atoms with Gasteiger partial charge in [-0.15, -0.1) is 0 Å². The van der Waals surface area contributed by atoms with Gasteiger partial charge in [-0.1, -0.05) is 78.9 Å². The summed E-state index contributed by atoms with van der Waals surface area (Å²) in [6, 6.07) is 29.6. The lowest BCUT2D eigenvalue weighted by atomic mass is 10.1. The fraction of sp³-hybridized carbons (Fsp3) is 0.0741. The Bertz CT molecular complexity index is 1330. The van der Waals surface area contributed by atoms with Gasteiger partial charge in [0.05, 0.1) is 11.7 Å². The lowest BCUT2D eigenvalue weighted by Gasteiger charge is -2.23. The molecule has 1 fully saturated rings. The predicted molar refractivity (Wildman–Crippen MR) is 134 cm³/mol. The average Bonchev–Trinajstić information content (AvgIpc) is 3.41. The first-order valence-electron chi connectivity index (χ1n) is 10.7. The summed E-state index contributed by atoms with van der Waals surface area (Å²) in [6.45, 7) is 1.98. The molecule has 1 N–H and O–H groups in total. The number of carbonyl (C=O) groups excluding carboxylic acids is 1. The molecule has 5 rings (SSSR count). The fourth-order valence-corrected chi connectivity index (χ4v) is 4.31. The molecule has 5 nitrogen and oxygen atoms in total. The summed E-state index contributed by atoms with van der Waals surface area (Å²) in [7, 11) is 0. The zero-order valence-corrected chi connectivity index (χ0v) is 18.9. The molecule has 2 heterocycles. The van der Waals surface area contributed by atoms with Gasteiger partial charge in [0.25, 0.3) is 5.91 Å². The maximum atomic E-state index is 13.3. The lowest BCUT2D eigenvalue weighted by molar-refractivity contribution is -0.123. The number of nitrogens with one attached hydrogen (secondary N) is 1. The Morgan fingerprint density at radius 1 is 0.909 bits per heavy atom. The molecule has 1 atom stereocenters. The highest BCUT2D eigenvalue weighted by Gasteiger charge is 2.35. The highest BCUT2D eigenvalue weighted by Crippen LogP contribution is 2.29. The van der Waals surface area contributed by atoms with Crippen molar-refractivity contribution in [3.05, 3.63) is 114 Å². The number of carbonyl (C=O) groups is 1. The summed E-state index contributed by atoms with van der Waals surface area (Å²) in [6.07, 6.45) is 3.77. The van der Waals surface area contributed by atoms with Crippen LogP contribution < -0.4 is 5.32 Å². The molecule has 6 heteroatoms. The lowest BCUT2D eigenvalue weighted by Crippen LogP contribution is -2.33. The maximum absolute atomic E-state index is 13.3. The molecule has 1 amide bonds. The van der Waals surface area contributed by atoms with Gasteiger partial charge in [0.15, 0.2) is 5.11 Å². The van der Waals surface area contributed by atoms with E-state index in [4.69, 9.17) is 17.3 Å². The third kappa shape index (κ3) is 4.08. The Morgan fingerprint density at radius 2 is 1.52 bits per heavy atom. The van der Waals surface area contributed by atoms with E-state index in [1.54, 1.807) is 4.90 Å². The second-order valence-corrected chi connectivity index (χ2v) is 8.22. The maximum Gasteiger partial charge on any atom is 0.277 e. The van der Waals surface area contributed by atoms with Crippen molar-refractivity contribution >= 4 is 29.3 Å². The topological polar surface area (TPSA) is 50.2 Å². The van der Waals surface area contributed by atoms with Crippen LogP contribution in [-0.2, 0) is 4.79 Å². The predicted octanol–water partition coefficient (Wildman–Crippen LogP) is 5.36. The Morgan fingerprint density at radius 3 is 2.18 bits per heavy atom. The molecular formula is C27H22N4OS. The molecule has 4 aromatic rings. The molecule has 1 unspecified atom stereocenters. The Labute approximate surface area is 198 Å². The van der Waals surface area contributed by atoms with Crippen LogP contribution in [0.1, 0.15) is 24.1 Å². The largest absolute Gasteiger partial charge is 0.328 e. The highest BCUT2D eigenvalue weighted by atomic mass is 32.1. The van der Waals surface area contributed by atoms with Crippen LogP contribution in [0.5, 0.6) is 0 Å². The van der Waals surface area contributed by atoms with Crippen LogP contribution in [0.4, 0.5) is 0 Å². The van der Waals surface area contributed by atoms with E-state index in [0.717, 1.165) is 28.1 Å². The van der Waals surface area contributed by atoms with E-state index in [2.05, 4.69) is 5.32 Å². The van der Waals surface area contributed by atoms with Gasteiger partial charge in [-0.05, 0) is 42.9 Å². The molecule has 33 heavy (non-hydrogen) atoms. The first-order valence-corrected chi connectivity index (χ1v) is 11.1. The summed E-state index contributed by atoms with van der Waals surface area (Å²) in [5.74, 6) is -0.150. The van der Waals surface area contributed by atoms with Gasteiger partial charge in [-0.25, -0.2) is 4.68 Å². The van der Waals surface area contributed by atoms with Gasteiger partial charge in [0, 0.05) is 17.3 Å². The summed E-state index contributed by atoms with van der Waals surface area (Å²) in [4.78, 5) is 15.0. The van der Waals surface area contributed by atoms with E-state index in [9.17, 15) is 4.79 Å². The van der Waals surface area contributed by atoms with Crippen LogP contribution >= 0.6 is 12.2 Å². The van der Waals surface area contributed by atoms with Crippen molar-refractivity contribution in [1.29, 1.82) is 0 Å². The first-order chi connectivity index (χ1) is 16.1. The van der Waals surface area contributed by atoms with Crippen LogP contribution in [0.25, 0.3) is 23.0 Å². The zero-order chi connectivity index (χ0) is 22.8. The molecule has 3 aromatic carbocycles. The first kappa shape index (κ1) is 20.8. The Hall–Kier alpha value is -4.03. The Balaban J connectivity index is 1.54. The minimum atomic E-state index is -0.176. The number of amides is 1. The summed E-state index contributed by atoms with van der Waals surface area (Å²) in [5.41, 5.74) is 5.01. The molecule has 0 bridgehead atoms. The Kier molecular flexibility index (Phi) is 5.59. The van der Waals surface area contributed by atoms with Crippen molar-refractivity contribution in [1.82, 2.24) is 20.0 Å². The zero-order valence-electron chi connectivity index (χ0n) is 18.1. The van der Waals surface area contributed by atoms with Crippen LogP contribution in [0.15, 0.2) is 103 Å².